The highest BCUT2D eigenvalue weighted by molar-refractivity contribution is 5.96. The summed E-state index contributed by atoms with van der Waals surface area (Å²) in [6.07, 6.45) is 3.43. The number of piperazine rings is 1. The summed E-state index contributed by atoms with van der Waals surface area (Å²) in [5.41, 5.74) is 8.71. The van der Waals surface area contributed by atoms with Gasteiger partial charge in [0.05, 0.1) is 5.69 Å². The monoisotopic (exact) mass is 521 g/mol. The second kappa shape index (κ2) is 11.8. The minimum absolute atomic E-state index is 0.103. The molecule has 0 spiro atoms. The quantitative estimate of drug-likeness (QED) is 0.416. The average Bonchev–Trinajstić information content (AvgIpc) is 3.43. The van der Waals surface area contributed by atoms with Crippen molar-refractivity contribution in [3.63, 3.8) is 0 Å². The molecule has 10 nitrogen and oxygen atoms in total. The van der Waals surface area contributed by atoms with E-state index in [2.05, 4.69) is 54.8 Å². The van der Waals surface area contributed by atoms with Crippen molar-refractivity contribution in [1.82, 2.24) is 25.1 Å². The third-order valence-corrected chi connectivity index (χ3v) is 8.12. The highest BCUT2D eigenvalue weighted by atomic mass is 16.1. The Morgan fingerprint density at radius 3 is 2.32 bits per heavy atom. The molecule has 0 radical (unpaired) electrons. The smallest absolute Gasteiger partial charge is 0.271 e. The number of hydrogen-bond acceptors (Lipinski definition) is 9. The highest BCUT2D eigenvalue weighted by Crippen LogP contribution is 2.29. The molecule has 0 aliphatic carbocycles. The fourth-order valence-electron chi connectivity index (χ4n) is 5.76. The van der Waals surface area contributed by atoms with Crippen LogP contribution < -0.4 is 26.6 Å². The van der Waals surface area contributed by atoms with Gasteiger partial charge < -0.3 is 31.5 Å². The zero-order chi connectivity index (χ0) is 26.6. The summed E-state index contributed by atoms with van der Waals surface area (Å²) >= 11 is 0. The van der Waals surface area contributed by atoms with Crippen LogP contribution in [0.3, 0.4) is 0 Å². The largest absolute Gasteiger partial charge is 0.371 e. The topological polar surface area (TPSA) is 115 Å². The van der Waals surface area contributed by atoms with E-state index in [-0.39, 0.29) is 17.7 Å². The van der Waals surface area contributed by atoms with Gasteiger partial charge in [0.2, 0.25) is 0 Å². The molecule has 10 heteroatoms. The van der Waals surface area contributed by atoms with Gasteiger partial charge in [-0.3, -0.25) is 9.69 Å². The molecule has 1 atom stereocenters. The third-order valence-electron chi connectivity index (χ3n) is 8.12. The molecule has 5 rings (SSSR count). The van der Waals surface area contributed by atoms with Crippen molar-refractivity contribution in [3.05, 3.63) is 35.7 Å². The van der Waals surface area contributed by atoms with Gasteiger partial charge in [0.15, 0.2) is 17.3 Å². The van der Waals surface area contributed by atoms with Crippen molar-refractivity contribution >= 4 is 28.9 Å². The van der Waals surface area contributed by atoms with Gasteiger partial charge in [-0.15, -0.1) is 0 Å². The Labute approximate surface area is 226 Å². The molecule has 1 aromatic carbocycles. The Morgan fingerprint density at radius 2 is 1.71 bits per heavy atom. The number of aromatic nitrogens is 2. The lowest BCUT2D eigenvalue weighted by Gasteiger charge is -2.42. The number of amides is 1. The van der Waals surface area contributed by atoms with Crippen LogP contribution in [0, 0.1) is 0 Å². The number of anilines is 4. The zero-order valence-corrected chi connectivity index (χ0v) is 23.0. The number of nitrogens with zero attached hydrogens (tertiary/aromatic N) is 5. The molecule has 5 N–H and O–H groups in total. The highest BCUT2D eigenvalue weighted by Gasteiger charge is 2.27. The predicted octanol–water partition coefficient (Wildman–Crippen LogP) is 2.43. The van der Waals surface area contributed by atoms with Crippen molar-refractivity contribution in [3.8, 4) is 0 Å². The summed E-state index contributed by atoms with van der Waals surface area (Å²) in [6, 6.07) is 9.35. The minimum Gasteiger partial charge on any atom is -0.371 e. The molecule has 3 aliphatic rings. The molecule has 0 bridgehead atoms. The number of rotatable bonds is 8. The summed E-state index contributed by atoms with van der Waals surface area (Å²) in [4.78, 5) is 29.3. The maximum atomic E-state index is 12.3. The fraction of sp³-hybridized carbons (Fsp3) is 0.607. The first kappa shape index (κ1) is 26.6. The van der Waals surface area contributed by atoms with Crippen LogP contribution in [0.5, 0.6) is 0 Å². The number of nitrogens with two attached hydrogens (primary N) is 1. The van der Waals surface area contributed by atoms with Gasteiger partial charge in [-0.1, -0.05) is 13.8 Å². The van der Waals surface area contributed by atoms with Crippen LogP contribution in [0.2, 0.25) is 0 Å². The van der Waals surface area contributed by atoms with Crippen molar-refractivity contribution in [1.29, 1.82) is 0 Å². The summed E-state index contributed by atoms with van der Waals surface area (Å²) < 4.78 is 0. The van der Waals surface area contributed by atoms with E-state index < -0.39 is 5.91 Å². The van der Waals surface area contributed by atoms with E-state index in [1.807, 2.05) is 26.0 Å². The summed E-state index contributed by atoms with van der Waals surface area (Å²) in [5, 5.41) is 10.2. The van der Waals surface area contributed by atoms with E-state index in [1.165, 1.54) is 44.7 Å². The number of hydrogen-bond donors (Lipinski definition) is 4. The number of piperidine rings is 1. The lowest BCUT2D eigenvalue weighted by atomic mass is 10.0. The fourth-order valence-corrected chi connectivity index (χ4v) is 5.76. The molecule has 3 aliphatic heterocycles. The van der Waals surface area contributed by atoms with E-state index >= 15 is 0 Å². The van der Waals surface area contributed by atoms with Gasteiger partial charge >= 0.3 is 0 Å². The number of likely N-dealkylation sites (N-methyl/N-ethyl adjacent to an activating group) is 1. The normalized spacial score (nSPS) is 21.7. The maximum Gasteiger partial charge on any atom is 0.271 e. The first-order valence-corrected chi connectivity index (χ1v) is 14.1. The van der Waals surface area contributed by atoms with E-state index in [9.17, 15) is 4.79 Å². The predicted molar refractivity (Wildman–Crippen MR) is 154 cm³/mol. The van der Waals surface area contributed by atoms with E-state index in [4.69, 9.17) is 10.7 Å². The van der Waals surface area contributed by atoms with Gasteiger partial charge in [-0.25, -0.2) is 9.97 Å². The SMILES string of the molecule is CC(C)c1nc(C(N)=O)c(Nc2ccc(N3CCC(N4CCN(C)CC4)CC3)cc2)nc1N[C@@H]1CCNC1. The molecule has 1 amide bonds. The number of carbonyl (C=O) groups is 1. The number of benzene rings is 1. The molecule has 1 aromatic heterocycles. The molecule has 0 unspecified atom stereocenters. The van der Waals surface area contributed by atoms with E-state index in [0.29, 0.717) is 17.7 Å². The van der Waals surface area contributed by atoms with Crippen LogP contribution in [-0.2, 0) is 0 Å². The van der Waals surface area contributed by atoms with Gasteiger partial charge in [0.25, 0.3) is 5.91 Å². The number of carbonyl (C=O) groups excluding carboxylic acids is 1. The summed E-state index contributed by atoms with van der Waals surface area (Å²) in [7, 11) is 2.21. The minimum atomic E-state index is -0.587. The molecular formula is C28H43N9O. The van der Waals surface area contributed by atoms with E-state index in [1.54, 1.807) is 0 Å². The Hall–Kier alpha value is -2.95. The average molecular weight is 522 g/mol. The molecule has 206 valence electrons. The number of nitrogens with one attached hydrogen (secondary N) is 3. The second-order valence-electron chi connectivity index (χ2n) is 11.2. The van der Waals surface area contributed by atoms with Crippen molar-refractivity contribution in [2.24, 2.45) is 5.73 Å². The van der Waals surface area contributed by atoms with Crippen molar-refractivity contribution in [2.45, 2.75) is 51.1 Å². The first-order chi connectivity index (χ1) is 18.4. The van der Waals surface area contributed by atoms with Crippen LogP contribution >= 0.6 is 0 Å². The van der Waals surface area contributed by atoms with E-state index in [0.717, 1.165) is 44.0 Å². The first-order valence-electron chi connectivity index (χ1n) is 14.1. The van der Waals surface area contributed by atoms with Gasteiger partial charge in [0, 0.05) is 69.3 Å². The van der Waals surface area contributed by atoms with Gasteiger partial charge in [-0.05, 0) is 63.0 Å². The Balaban J connectivity index is 1.26. The van der Waals surface area contributed by atoms with Crippen molar-refractivity contribution in [2.75, 3.05) is 74.9 Å². The van der Waals surface area contributed by atoms with Gasteiger partial charge in [0.1, 0.15) is 0 Å². The molecule has 3 fully saturated rings. The third kappa shape index (κ3) is 6.19. The van der Waals surface area contributed by atoms with Gasteiger partial charge in [-0.2, -0.15) is 0 Å². The Bertz CT molecular complexity index is 1080. The summed E-state index contributed by atoms with van der Waals surface area (Å²) in [6.45, 7) is 12.8. The molecule has 0 saturated carbocycles. The van der Waals surface area contributed by atoms with Crippen LogP contribution in [0.15, 0.2) is 24.3 Å². The number of primary amides is 1. The molecule has 4 heterocycles. The van der Waals surface area contributed by atoms with Crippen LogP contribution in [0.1, 0.15) is 55.2 Å². The summed E-state index contributed by atoms with van der Waals surface area (Å²) in [5.74, 6) is 0.610. The lowest BCUT2D eigenvalue weighted by Crippen LogP contribution is -2.52. The molecule has 3 saturated heterocycles. The second-order valence-corrected chi connectivity index (χ2v) is 11.2. The zero-order valence-electron chi connectivity index (χ0n) is 23.0. The Kier molecular flexibility index (Phi) is 8.30. The molecule has 2 aromatic rings. The standard InChI is InChI=1S/C28H43N9O/c1-19(2)24-27(32-21-8-11-30-18-21)34-28(25(33-24)26(29)38)31-20-4-6-22(7-5-20)36-12-9-23(10-13-36)37-16-14-35(3)15-17-37/h4-7,19,21,23,30H,8-18H2,1-3H3,(H2,29,38)(H2,31,32,34)/t21-/m1/s1. The van der Waals surface area contributed by atoms with Crippen LogP contribution in [0.25, 0.3) is 0 Å². The lowest BCUT2D eigenvalue weighted by molar-refractivity contribution is 0.0982. The van der Waals surface area contributed by atoms with Crippen LogP contribution in [-0.4, -0.2) is 97.2 Å². The maximum absolute atomic E-state index is 12.3. The molecule has 38 heavy (non-hydrogen) atoms. The Morgan fingerprint density at radius 1 is 1.00 bits per heavy atom. The van der Waals surface area contributed by atoms with Crippen LogP contribution in [0.4, 0.5) is 23.0 Å². The molecular weight excluding hydrogens is 478 g/mol. The van der Waals surface area contributed by atoms with Crippen molar-refractivity contribution < 1.29 is 4.79 Å².